The lowest BCUT2D eigenvalue weighted by Crippen LogP contribution is -2.42. The van der Waals surface area contributed by atoms with Gasteiger partial charge in [-0.15, -0.1) is 0 Å². The van der Waals surface area contributed by atoms with E-state index in [-0.39, 0.29) is 10.5 Å². The third-order valence-corrected chi connectivity index (χ3v) is 6.22. The zero-order valence-corrected chi connectivity index (χ0v) is 16.4. The van der Waals surface area contributed by atoms with Crippen molar-refractivity contribution < 1.29 is 27.4 Å². The number of nitrogens with zero attached hydrogens (tertiary/aromatic N) is 1. The summed E-state index contributed by atoms with van der Waals surface area (Å²) in [5.74, 6) is -1.51. The molecule has 0 saturated heterocycles. The van der Waals surface area contributed by atoms with E-state index in [2.05, 4.69) is 15.9 Å². The molecule has 1 N–H and O–H groups in total. The van der Waals surface area contributed by atoms with Gasteiger partial charge in [-0.1, -0.05) is 22.0 Å². The molecule has 2 aromatic carbocycles. The molecule has 140 valence electrons. The van der Waals surface area contributed by atoms with E-state index in [1.54, 1.807) is 6.07 Å². The molecule has 0 spiro atoms. The lowest BCUT2D eigenvalue weighted by Gasteiger charge is -2.26. The number of ether oxygens (including phenoxy) is 1. The van der Waals surface area contributed by atoms with Crippen LogP contribution in [0.15, 0.2) is 51.8 Å². The number of halogens is 2. The Labute approximate surface area is 159 Å². The number of aliphatic carboxylic acids is 1. The number of carboxylic acid groups (broad SMARTS) is 1. The highest BCUT2D eigenvalue weighted by Gasteiger charge is 2.33. The zero-order chi connectivity index (χ0) is 19.5. The average molecular weight is 446 g/mol. The molecule has 0 saturated carbocycles. The smallest absolute Gasteiger partial charge is 0.321 e. The Balaban J connectivity index is 2.47. The molecule has 0 amide bonds. The number of hydrogen-bond donors (Lipinski definition) is 1. The molecule has 0 radical (unpaired) electrons. The van der Waals surface area contributed by atoms with E-state index in [4.69, 9.17) is 4.74 Å². The summed E-state index contributed by atoms with van der Waals surface area (Å²) in [7, 11) is -2.73. The highest BCUT2D eigenvalue weighted by Crippen LogP contribution is 2.25. The van der Waals surface area contributed by atoms with E-state index in [1.165, 1.54) is 50.4 Å². The second-order valence-electron chi connectivity index (χ2n) is 5.48. The van der Waals surface area contributed by atoms with Crippen molar-refractivity contribution in [3.05, 3.63) is 58.3 Å². The lowest BCUT2D eigenvalue weighted by atomic mass is 10.2. The number of methoxy groups -OCH3 is 1. The number of rotatable bonds is 7. The topological polar surface area (TPSA) is 83.9 Å². The Hall–Kier alpha value is -1.97. The van der Waals surface area contributed by atoms with Crippen LogP contribution < -0.4 is 4.74 Å². The summed E-state index contributed by atoms with van der Waals surface area (Å²) in [5.41, 5.74) is 0.0680. The zero-order valence-electron chi connectivity index (χ0n) is 14.0. The van der Waals surface area contributed by atoms with Crippen LogP contribution in [0.1, 0.15) is 12.5 Å². The Morgan fingerprint density at radius 1 is 1.27 bits per heavy atom. The van der Waals surface area contributed by atoms with Gasteiger partial charge in [0.15, 0.2) is 0 Å². The van der Waals surface area contributed by atoms with Crippen LogP contribution >= 0.6 is 15.9 Å². The SMILES string of the molecule is COc1ccc(S(=O)(=O)N(Cc2ccc(Br)cc2F)[C@H](C)C(=O)O)cc1. The molecule has 0 aliphatic heterocycles. The van der Waals surface area contributed by atoms with E-state index in [1.807, 2.05) is 0 Å². The van der Waals surface area contributed by atoms with Crippen molar-refractivity contribution in [2.24, 2.45) is 0 Å². The Kier molecular flexibility index (Phi) is 6.38. The molecule has 1 atom stereocenters. The van der Waals surface area contributed by atoms with Gasteiger partial charge in [0.05, 0.1) is 12.0 Å². The predicted octanol–water partition coefficient (Wildman–Crippen LogP) is 3.26. The summed E-state index contributed by atoms with van der Waals surface area (Å²) in [6.45, 7) is 0.821. The summed E-state index contributed by atoms with van der Waals surface area (Å²) in [6.07, 6.45) is 0. The molecule has 2 rings (SSSR count). The Morgan fingerprint density at radius 3 is 2.38 bits per heavy atom. The molecule has 0 heterocycles. The van der Waals surface area contributed by atoms with Gasteiger partial charge in [0.25, 0.3) is 0 Å². The van der Waals surface area contributed by atoms with Gasteiger partial charge in [0.2, 0.25) is 10.0 Å². The van der Waals surface area contributed by atoms with Crippen LogP contribution in [-0.4, -0.2) is 37.0 Å². The molecular weight excluding hydrogens is 429 g/mol. The number of benzene rings is 2. The van der Waals surface area contributed by atoms with Gasteiger partial charge in [-0.25, -0.2) is 12.8 Å². The summed E-state index contributed by atoms with van der Waals surface area (Å²) in [6, 6.07) is 8.31. The van der Waals surface area contributed by atoms with Crippen molar-refractivity contribution in [2.75, 3.05) is 7.11 Å². The standard InChI is InChI=1S/C17H17BrFNO5S/c1-11(17(21)22)20(10-12-3-4-13(18)9-16(12)19)26(23,24)15-7-5-14(25-2)6-8-15/h3-9,11H,10H2,1-2H3,(H,21,22)/t11-/m1/s1. The number of sulfonamides is 1. The minimum Gasteiger partial charge on any atom is -0.497 e. The van der Waals surface area contributed by atoms with Gasteiger partial charge in [0, 0.05) is 16.6 Å². The van der Waals surface area contributed by atoms with Crippen LogP contribution in [0, 0.1) is 5.82 Å². The largest absolute Gasteiger partial charge is 0.497 e. The summed E-state index contributed by atoms with van der Waals surface area (Å²) < 4.78 is 46.3. The maximum Gasteiger partial charge on any atom is 0.321 e. The van der Waals surface area contributed by atoms with Crippen LogP contribution in [0.2, 0.25) is 0 Å². The molecule has 0 aliphatic rings. The number of hydrogen-bond acceptors (Lipinski definition) is 4. The van der Waals surface area contributed by atoms with Crippen LogP contribution in [0.5, 0.6) is 5.75 Å². The highest BCUT2D eigenvalue weighted by atomic mass is 79.9. The van der Waals surface area contributed by atoms with Gasteiger partial charge < -0.3 is 9.84 Å². The number of carbonyl (C=O) groups is 1. The first kappa shape index (κ1) is 20.3. The average Bonchev–Trinajstić information content (AvgIpc) is 2.60. The minimum atomic E-state index is -4.18. The van der Waals surface area contributed by atoms with Crippen molar-refractivity contribution in [2.45, 2.75) is 24.4 Å². The van der Waals surface area contributed by atoms with E-state index in [9.17, 15) is 22.7 Å². The quantitative estimate of drug-likeness (QED) is 0.706. The summed E-state index contributed by atoms with van der Waals surface area (Å²) in [5, 5.41) is 9.31. The fourth-order valence-corrected chi connectivity index (χ4v) is 4.15. The molecule has 2 aromatic rings. The Bertz CT molecular complexity index is 902. The van der Waals surface area contributed by atoms with Crippen molar-refractivity contribution in [3.8, 4) is 5.75 Å². The molecule has 0 unspecified atom stereocenters. The van der Waals surface area contributed by atoms with E-state index in [0.29, 0.717) is 10.2 Å². The fourth-order valence-electron chi connectivity index (χ4n) is 2.25. The summed E-state index contributed by atoms with van der Waals surface area (Å²) in [4.78, 5) is 11.3. The highest BCUT2D eigenvalue weighted by molar-refractivity contribution is 9.10. The number of carboxylic acids is 1. The van der Waals surface area contributed by atoms with Crippen molar-refractivity contribution >= 4 is 31.9 Å². The maximum absolute atomic E-state index is 14.1. The van der Waals surface area contributed by atoms with Crippen molar-refractivity contribution in [1.29, 1.82) is 0 Å². The van der Waals surface area contributed by atoms with Crippen molar-refractivity contribution in [1.82, 2.24) is 4.31 Å². The third-order valence-electron chi connectivity index (χ3n) is 3.80. The normalized spacial score (nSPS) is 12.8. The first-order chi connectivity index (χ1) is 12.2. The summed E-state index contributed by atoms with van der Waals surface area (Å²) >= 11 is 3.13. The molecule has 26 heavy (non-hydrogen) atoms. The maximum atomic E-state index is 14.1. The monoisotopic (exact) mass is 445 g/mol. The first-order valence-electron chi connectivity index (χ1n) is 7.49. The second-order valence-corrected chi connectivity index (χ2v) is 8.28. The van der Waals surface area contributed by atoms with Gasteiger partial charge in [-0.3, -0.25) is 4.79 Å². The van der Waals surface area contributed by atoms with Crippen LogP contribution in [0.3, 0.4) is 0 Å². The molecule has 6 nitrogen and oxygen atoms in total. The van der Waals surface area contributed by atoms with E-state index < -0.39 is 34.4 Å². The van der Waals surface area contributed by atoms with Crippen LogP contribution in [-0.2, 0) is 21.4 Å². The molecule has 0 bridgehead atoms. The van der Waals surface area contributed by atoms with E-state index >= 15 is 0 Å². The molecule has 0 fully saturated rings. The van der Waals surface area contributed by atoms with Crippen molar-refractivity contribution in [3.63, 3.8) is 0 Å². The molecular formula is C17H17BrFNO5S. The predicted molar refractivity (Wildman–Crippen MR) is 96.9 cm³/mol. The molecule has 0 aliphatic carbocycles. The van der Waals surface area contributed by atoms with E-state index in [0.717, 1.165) is 4.31 Å². The van der Waals surface area contributed by atoms with Crippen LogP contribution in [0.4, 0.5) is 4.39 Å². The fraction of sp³-hybridized carbons (Fsp3) is 0.235. The van der Waals surface area contributed by atoms with Gasteiger partial charge >= 0.3 is 5.97 Å². The van der Waals surface area contributed by atoms with Gasteiger partial charge in [-0.05, 0) is 43.3 Å². The second kappa shape index (κ2) is 8.15. The van der Waals surface area contributed by atoms with Gasteiger partial charge in [-0.2, -0.15) is 4.31 Å². The van der Waals surface area contributed by atoms with Crippen LogP contribution in [0.25, 0.3) is 0 Å². The third kappa shape index (κ3) is 4.40. The Morgan fingerprint density at radius 2 is 1.88 bits per heavy atom. The molecule has 9 heteroatoms. The first-order valence-corrected chi connectivity index (χ1v) is 9.72. The molecule has 0 aromatic heterocycles. The minimum absolute atomic E-state index is 0.0680. The lowest BCUT2D eigenvalue weighted by molar-refractivity contribution is -0.141. The van der Waals surface area contributed by atoms with Gasteiger partial charge in [0.1, 0.15) is 17.6 Å².